The van der Waals surface area contributed by atoms with E-state index < -0.39 is 22.5 Å². The summed E-state index contributed by atoms with van der Waals surface area (Å²) in [5.41, 5.74) is 1.21. The first-order valence-corrected chi connectivity index (χ1v) is 8.68. The van der Waals surface area contributed by atoms with Gasteiger partial charge in [0, 0.05) is 0 Å². The monoisotopic (exact) mass is 350 g/mol. The molecule has 0 amide bonds. The second kappa shape index (κ2) is 7.89. The van der Waals surface area contributed by atoms with Crippen LogP contribution in [-0.2, 0) is 19.6 Å². The second-order valence-corrected chi connectivity index (χ2v) is 6.68. The van der Waals surface area contributed by atoms with E-state index in [9.17, 15) is 13.2 Å². The summed E-state index contributed by atoms with van der Waals surface area (Å²) in [6.07, 6.45) is 3.48. The molecule has 0 radical (unpaired) electrons. The van der Waals surface area contributed by atoms with Gasteiger partial charge in [-0.2, -0.15) is 4.72 Å². The average molecular weight is 350 g/mol. The number of sulfonamides is 1. The van der Waals surface area contributed by atoms with Crippen molar-refractivity contribution < 1.29 is 22.5 Å². The van der Waals surface area contributed by atoms with Crippen LogP contribution < -0.4 is 4.72 Å². The van der Waals surface area contributed by atoms with Crippen molar-refractivity contribution in [2.45, 2.75) is 18.7 Å². The normalized spacial score (nSPS) is 11.8. The van der Waals surface area contributed by atoms with Crippen LogP contribution in [0.4, 0.5) is 0 Å². The van der Waals surface area contributed by atoms with Gasteiger partial charge in [-0.05, 0) is 25.5 Å². The highest BCUT2D eigenvalue weighted by Gasteiger charge is 2.24. The molecule has 24 heavy (non-hydrogen) atoms. The Morgan fingerprint density at radius 3 is 2.62 bits per heavy atom. The molecule has 1 heterocycles. The Hall–Kier alpha value is -2.45. The topological polar surface area (TPSA) is 98.5 Å². The molecule has 1 aromatic carbocycles. The van der Waals surface area contributed by atoms with Gasteiger partial charge in [-0.3, -0.25) is 4.79 Å². The SMILES string of the molecule is Cc1noc(C)c1S(=O)(=O)NCC(=O)OC/C=C/c1ccccc1. The van der Waals surface area contributed by atoms with Gasteiger partial charge in [-0.15, -0.1) is 0 Å². The molecule has 0 bridgehead atoms. The number of ether oxygens (including phenoxy) is 1. The van der Waals surface area contributed by atoms with Crippen LogP contribution in [0.3, 0.4) is 0 Å². The number of aromatic nitrogens is 1. The summed E-state index contributed by atoms with van der Waals surface area (Å²) < 4.78 is 36.2. The van der Waals surface area contributed by atoms with E-state index in [0.717, 1.165) is 5.56 Å². The number of nitrogens with one attached hydrogen (secondary N) is 1. The molecule has 2 rings (SSSR count). The number of carbonyl (C=O) groups is 1. The zero-order valence-electron chi connectivity index (χ0n) is 13.4. The molecule has 0 aliphatic rings. The highest BCUT2D eigenvalue weighted by molar-refractivity contribution is 7.89. The van der Waals surface area contributed by atoms with Crippen molar-refractivity contribution in [3.8, 4) is 0 Å². The Kier molecular flexibility index (Phi) is 5.88. The minimum atomic E-state index is -3.87. The third-order valence-electron chi connectivity index (χ3n) is 3.09. The predicted molar refractivity (Wildman–Crippen MR) is 87.6 cm³/mol. The van der Waals surface area contributed by atoms with Crippen LogP contribution in [0.25, 0.3) is 6.08 Å². The average Bonchev–Trinajstić information content (AvgIpc) is 2.90. The van der Waals surface area contributed by atoms with Gasteiger partial charge in [0.2, 0.25) is 10.0 Å². The molecule has 0 saturated carbocycles. The van der Waals surface area contributed by atoms with Crippen LogP contribution in [0, 0.1) is 13.8 Å². The Bertz CT molecular complexity index is 806. The first-order valence-electron chi connectivity index (χ1n) is 7.20. The number of hydrogen-bond acceptors (Lipinski definition) is 6. The molecular formula is C16H18N2O5S. The van der Waals surface area contributed by atoms with Crippen molar-refractivity contribution in [1.29, 1.82) is 0 Å². The number of rotatable bonds is 7. The highest BCUT2D eigenvalue weighted by Crippen LogP contribution is 2.18. The third-order valence-corrected chi connectivity index (χ3v) is 4.74. The fourth-order valence-electron chi connectivity index (χ4n) is 2.02. The lowest BCUT2D eigenvalue weighted by atomic mass is 10.2. The molecule has 0 aliphatic heterocycles. The van der Waals surface area contributed by atoms with Crippen molar-refractivity contribution in [2.75, 3.05) is 13.2 Å². The number of benzene rings is 1. The van der Waals surface area contributed by atoms with E-state index in [1.165, 1.54) is 13.8 Å². The highest BCUT2D eigenvalue weighted by atomic mass is 32.2. The lowest BCUT2D eigenvalue weighted by molar-refractivity contribution is -0.140. The molecule has 0 unspecified atom stereocenters. The maximum Gasteiger partial charge on any atom is 0.321 e. The van der Waals surface area contributed by atoms with Gasteiger partial charge in [0.05, 0.1) is 0 Å². The summed E-state index contributed by atoms with van der Waals surface area (Å²) in [4.78, 5) is 11.6. The molecule has 0 atom stereocenters. The van der Waals surface area contributed by atoms with Gasteiger partial charge in [-0.25, -0.2) is 8.42 Å². The van der Waals surface area contributed by atoms with E-state index in [2.05, 4.69) is 9.88 Å². The molecular weight excluding hydrogens is 332 g/mol. The second-order valence-electron chi connectivity index (χ2n) is 4.97. The van der Waals surface area contributed by atoms with Gasteiger partial charge >= 0.3 is 5.97 Å². The molecule has 0 spiro atoms. The number of aryl methyl sites for hydroxylation is 2. The van der Waals surface area contributed by atoms with Crippen LogP contribution in [0.1, 0.15) is 17.0 Å². The summed E-state index contributed by atoms with van der Waals surface area (Å²) in [5, 5.41) is 3.58. The number of hydrogen-bond donors (Lipinski definition) is 1. The quantitative estimate of drug-likeness (QED) is 0.765. The molecule has 1 N–H and O–H groups in total. The van der Waals surface area contributed by atoms with E-state index in [-0.39, 0.29) is 23.0 Å². The standard InChI is InChI=1S/C16H18N2O5S/c1-12-16(13(2)23-18-12)24(20,21)17-11-15(19)22-10-6-9-14-7-4-3-5-8-14/h3-9,17H,10-11H2,1-2H3/b9-6+. The summed E-state index contributed by atoms with van der Waals surface area (Å²) in [6.45, 7) is 2.59. The zero-order valence-corrected chi connectivity index (χ0v) is 14.2. The largest absolute Gasteiger partial charge is 0.460 e. The molecule has 2 aromatic rings. The molecule has 0 fully saturated rings. The van der Waals surface area contributed by atoms with E-state index in [1.807, 2.05) is 30.3 Å². The minimum absolute atomic E-state index is 0.0562. The van der Waals surface area contributed by atoms with Gasteiger partial charge in [0.15, 0.2) is 5.76 Å². The van der Waals surface area contributed by atoms with Crippen LogP contribution in [0.5, 0.6) is 0 Å². The molecule has 0 aliphatic carbocycles. The van der Waals surface area contributed by atoms with Crippen molar-refractivity contribution in [1.82, 2.24) is 9.88 Å². The van der Waals surface area contributed by atoms with Crippen molar-refractivity contribution in [2.24, 2.45) is 0 Å². The zero-order chi connectivity index (χ0) is 17.6. The molecule has 1 aromatic heterocycles. The van der Waals surface area contributed by atoms with Crippen molar-refractivity contribution in [3.05, 3.63) is 53.4 Å². The number of nitrogens with zero attached hydrogens (tertiary/aromatic N) is 1. The van der Waals surface area contributed by atoms with Crippen LogP contribution in [0.15, 0.2) is 45.8 Å². The Morgan fingerprint density at radius 1 is 1.29 bits per heavy atom. The van der Waals surface area contributed by atoms with Crippen molar-refractivity contribution >= 4 is 22.1 Å². The maximum absolute atomic E-state index is 12.1. The van der Waals surface area contributed by atoms with Gasteiger partial charge in [-0.1, -0.05) is 41.6 Å². The van der Waals surface area contributed by atoms with Crippen molar-refractivity contribution in [3.63, 3.8) is 0 Å². The molecule has 7 nitrogen and oxygen atoms in total. The molecule has 128 valence electrons. The van der Waals surface area contributed by atoms with Gasteiger partial charge < -0.3 is 9.26 Å². The first-order chi connectivity index (χ1) is 11.4. The lowest BCUT2D eigenvalue weighted by Crippen LogP contribution is -2.31. The Balaban J connectivity index is 1.82. The van der Waals surface area contributed by atoms with E-state index in [1.54, 1.807) is 12.2 Å². The Morgan fingerprint density at radius 2 is 2.00 bits per heavy atom. The van der Waals surface area contributed by atoms with E-state index in [0.29, 0.717) is 0 Å². The van der Waals surface area contributed by atoms with E-state index >= 15 is 0 Å². The fraction of sp³-hybridized carbons (Fsp3) is 0.250. The Labute approximate surface area is 140 Å². The molecule has 8 heteroatoms. The number of carbonyl (C=O) groups excluding carboxylic acids is 1. The number of esters is 1. The summed E-state index contributed by atoms with van der Waals surface area (Å²) in [7, 11) is -3.87. The predicted octanol–water partition coefficient (Wildman–Crippen LogP) is 1.83. The maximum atomic E-state index is 12.1. The third kappa shape index (κ3) is 4.77. The fourth-order valence-corrected chi connectivity index (χ4v) is 3.32. The molecule has 0 saturated heterocycles. The van der Waals surface area contributed by atoms with Crippen LogP contribution >= 0.6 is 0 Å². The summed E-state index contributed by atoms with van der Waals surface area (Å²) in [6, 6.07) is 9.53. The van der Waals surface area contributed by atoms with Crippen LogP contribution in [0.2, 0.25) is 0 Å². The van der Waals surface area contributed by atoms with Crippen LogP contribution in [-0.4, -0.2) is 32.7 Å². The lowest BCUT2D eigenvalue weighted by Gasteiger charge is -2.05. The van der Waals surface area contributed by atoms with E-state index in [4.69, 9.17) is 9.26 Å². The van der Waals surface area contributed by atoms with Gasteiger partial charge in [0.1, 0.15) is 23.7 Å². The minimum Gasteiger partial charge on any atom is -0.460 e. The smallest absolute Gasteiger partial charge is 0.321 e. The summed E-state index contributed by atoms with van der Waals surface area (Å²) in [5.74, 6) is -0.512. The first kappa shape index (κ1) is 17.9. The van der Waals surface area contributed by atoms with Gasteiger partial charge in [0.25, 0.3) is 0 Å². The summed E-state index contributed by atoms with van der Waals surface area (Å²) >= 11 is 0.